The second-order valence-electron chi connectivity index (χ2n) is 7.50. The lowest BCUT2D eigenvalue weighted by Gasteiger charge is -2.30. The van der Waals surface area contributed by atoms with E-state index in [2.05, 4.69) is 84.0 Å². The number of imidazole rings is 1. The van der Waals surface area contributed by atoms with Crippen LogP contribution in [-0.4, -0.2) is 52.1 Å². The molecule has 2 rings (SSSR count). The summed E-state index contributed by atoms with van der Waals surface area (Å²) in [4.78, 5) is 11.7. The molecule has 0 unspecified atom stereocenters. The molecular formula is C22H37IN6. The third kappa shape index (κ3) is 8.74. The second-order valence-corrected chi connectivity index (χ2v) is 7.50. The predicted octanol–water partition coefficient (Wildman–Crippen LogP) is 3.72. The highest BCUT2D eigenvalue weighted by Crippen LogP contribution is 2.07. The van der Waals surface area contributed by atoms with Crippen molar-refractivity contribution in [3.8, 4) is 0 Å². The first-order valence-corrected chi connectivity index (χ1v) is 10.3. The van der Waals surface area contributed by atoms with Crippen LogP contribution in [0.5, 0.6) is 0 Å². The first-order valence-electron chi connectivity index (χ1n) is 10.3. The number of nitrogens with zero attached hydrogens (tertiary/aromatic N) is 4. The fraction of sp³-hybridized carbons (Fsp3) is 0.545. The molecule has 0 spiro atoms. The van der Waals surface area contributed by atoms with Crippen LogP contribution in [0.2, 0.25) is 0 Å². The molecule has 0 fully saturated rings. The van der Waals surface area contributed by atoms with E-state index in [0.29, 0.717) is 18.6 Å². The summed E-state index contributed by atoms with van der Waals surface area (Å²) in [6.07, 6.45) is 3.86. The van der Waals surface area contributed by atoms with Crippen LogP contribution in [0, 0.1) is 0 Å². The third-order valence-corrected chi connectivity index (χ3v) is 4.71. The minimum Gasteiger partial charge on any atom is -0.357 e. The molecule has 0 atom stereocenters. The number of halogens is 1. The SMILES string of the molecule is CCNC(=NCc1nccn1Cc1ccccc1)NCCN(C(C)C)C(C)C.I. The lowest BCUT2D eigenvalue weighted by molar-refractivity contribution is 0.178. The van der Waals surface area contributed by atoms with E-state index in [1.54, 1.807) is 0 Å². The molecule has 0 aliphatic rings. The number of aliphatic imine (C=N–C) groups is 1. The van der Waals surface area contributed by atoms with Gasteiger partial charge in [0.2, 0.25) is 0 Å². The second kappa shape index (κ2) is 13.6. The number of hydrogen-bond donors (Lipinski definition) is 2. The molecule has 0 bridgehead atoms. The van der Waals surface area contributed by atoms with Gasteiger partial charge in [-0.15, -0.1) is 24.0 Å². The molecule has 162 valence electrons. The molecule has 0 radical (unpaired) electrons. The number of benzene rings is 1. The highest BCUT2D eigenvalue weighted by Gasteiger charge is 2.12. The standard InChI is InChI=1S/C22H36N6.HI/c1-6-23-22(25-13-15-28(18(2)3)19(4)5)26-16-21-24-12-14-27(21)17-20-10-8-7-9-11-20;/h7-12,14,18-19H,6,13,15-17H2,1-5H3,(H2,23,25,26);1H. The number of aromatic nitrogens is 2. The smallest absolute Gasteiger partial charge is 0.191 e. The van der Waals surface area contributed by atoms with Crippen molar-refractivity contribution in [3.63, 3.8) is 0 Å². The van der Waals surface area contributed by atoms with Crippen LogP contribution in [0.1, 0.15) is 46.0 Å². The van der Waals surface area contributed by atoms with Crippen molar-refractivity contribution in [2.24, 2.45) is 4.99 Å². The maximum atomic E-state index is 4.74. The van der Waals surface area contributed by atoms with Gasteiger partial charge in [0.15, 0.2) is 5.96 Å². The molecule has 0 saturated heterocycles. The molecule has 0 saturated carbocycles. The van der Waals surface area contributed by atoms with Crippen molar-refractivity contribution in [2.75, 3.05) is 19.6 Å². The maximum absolute atomic E-state index is 4.74. The monoisotopic (exact) mass is 512 g/mol. The minimum atomic E-state index is 0. The Morgan fingerprint density at radius 2 is 1.79 bits per heavy atom. The quantitative estimate of drug-likeness (QED) is 0.290. The van der Waals surface area contributed by atoms with Crippen LogP contribution in [-0.2, 0) is 13.1 Å². The van der Waals surface area contributed by atoms with Crippen LogP contribution >= 0.6 is 24.0 Å². The van der Waals surface area contributed by atoms with Crippen LogP contribution in [0.25, 0.3) is 0 Å². The zero-order valence-corrected chi connectivity index (χ0v) is 20.8. The summed E-state index contributed by atoms with van der Waals surface area (Å²) >= 11 is 0. The lowest BCUT2D eigenvalue weighted by atomic mass is 10.2. The van der Waals surface area contributed by atoms with Gasteiger partial charge in [0.1, 0.15) is 12.4 Å². The van der Waals surface area contributed by atoms with Gasteiger partial charge in [-0.05, 0) is 40.2 Å². The highest BCUT2D eigenvalue weighted by atomic mass is 127. The molecule has 1 heterocycles. The Bertz CT molecular complexity index is 703. The Hall–Kier alpha value is -1.61. The Balaban J connectivity index is 0.00000420. The summed E-state index contributed by atoms with van der Waals surface area (Å²) in [6.45, 7) is 15.1. The molecule has 1 aromatic heterocycles. The van der Waals surface area contributed by atoms with Gasteiger partial charge in [-0.25, -0.2) is 9.98 Å². The normalized spacial score (nSPS) is 11.8. The van der Waals surface area contributed by atoms with Crippen molar-refractivity contribution in [3.05, 3.63) is 54.1 Å². The topological polar surface area (TPSA) is 57.5 Å². The van der Waals surface area contributed by atoms with E-state index in [0.717, 1.165) is 38.0 Å². The largest absolute Gasteiger partial charge is 0.357 e. The third-order valence-electron chi connectivity index (χ3n) is 4.71. The van der Waals surface area contributed by atoms with Crippen molar-refractivity contribution in [1.29, 1.82) is 0 Å². The number of rotatable bonds is 10. The summed E-state index contributed by atoms with van der Waals surface area (Å²) in [5.74, 6) is 1.80. The van der Waals surface area contributed by atoms with Gasteiger partial charge in [-0.1, -0.05) is 30.3 Å². The summed E-state index contributed by atoms with van der Waals surface area (Å²) < 4.78 is 2.15. The molecule has 6 nitrogen and oxygen atoms in total. The molecule has 0 aliphatic heterocycles. The van der Waals surface area contributed by atoms with Crippen molar-refractivity contribution >= 4 is 29.9 Å². The van der Waals surface area contributed by atoms with Crippen LogP contribution < -0.4 is 10.6 Å². The van der Waals surface area contributed by atoms with E-state index in [4.69, 9.17) is 4.99 Å². The van der Waals surface area contributed by atoms with E-state index in [-0.39, 0.29) is 24.0 Å². The first kappa shape index (κ1) is 25.4. The van der Waals surface area contributed by atoms with E-state index in [9.17, 15) is 0 Å². The van der Waals surface area contributed by atoms with Crippen LogP contribution in [0.15, 0.2) is 47.7 Å². The minimum absolute atomic E-state index is 0. The maximum Gasteiger partial charge on any atom is 0.191 e. The highest BCUT2D eigenvalue weighted by molar-refractivity contribution is 14.0. The van der Waals surface area contributed by atoms with Gasteiger partial charge >= 0.3 is 0 Å². The fourth-order valence-corrected chi connectivity index (χ4v) is 3.32. The Labute approximate surface area is 193 Å². The fourth-order valence-electron chi connectivity index (χ4n) is 3.32. The molecule has 2 N–H and O–H groups in total. The van der Waals surface area contributed by atoms with Crippen molar-refractivity contribution in [2.45, 2.75) is 59.8 Å². The molecular weight excluding hydrogens is 475 g/mol. The Kier molecular flexibility index (Phi) is 11.9. The Morgan fingerprint density at radius 3 is 2.41 bits per heavy atom. The summed E-state index contributed by atoms with van der Waals surface area (Å²) in [5, 5.41) is 6.78. The Morgan fingerprint density at radius 1 is 1.10 bits per heavy atom. The predicted molar refractivity (Wildman–Crippen MR) is 133 cm³/mol. The van der Waals surface area contributed by atoms with Crippen molar-refractivity contribution in [1.82, 2.24) is 25.1 Å². The van der Waals surface area contributed by atoms with Gasteiger partial charge < -0.3 is 15.2 Å². The average Bonchev–Trinajstić information content (AvgIpc) is 3.10. The molecule has 7 heteroatoms. The van der Waals surface area contributed by atoms with Gasteiger partial charge in [0.25, 0.3) is 0 Å². The molecule has 0 aliphatic carbocycles. The summed E-state index contributed by atoms with van der Waals surface area (Å²) in [6, 6.07) is 11.5. The van der Waals surface area contributed by atoms with Crippen LogP contribution in [0.4, 0.5) is 0 Å². The molecule has 2 aromatic rings. The van der Waals surface area contributed by atoms with Gasteiger partial charge in [-0.2, -0.15) is 0 Å². The lowest BCUT2D eigenvalue weighted by Crippen LogP contribution is -2.45. The first-order chi connectivity index (χ1) is 13.5. The zero-order chi connectivity index (χ0) is 20.4. The van der Waals surface area contributed by atoms with Gasteiger partial charge in [-0.3, -0.25) is 4.90 Å². The summed E-state index contributed by atoms with van der Waals surface area (Å²) in [7, 11) is 0. The number of hydrogen-bond acceptors (Lipinski definition) is 3. The summed E-state index contributed by atoms with van der Waals surface area (Å²) in [5.41, 5.74) is 1.26. The van der Waals surface area contributed by atoms with E-state index in [1.165, 1.54) is 5.56 Å². The number of guanidine groups is 1. The van der Waals surface area contributed by atoms with E-state index < -0.39 is 0 Å². The molecule has 0 amide bonds. The van der Waals surface area contributed by atoms with Gasteiger partial charge in [0.05, 0.1) is 0 Å². The average molecular weight is 512 g/mol. The molecule has 1 aromatic carbocycles. The van der Waals surface area contributed by atoms with Gasteiger partial charge in [0, 0.05) is 50.7 Å². The van der Waals surface area contributed by atoms with Crippen molar-refractivity contribution < 1.29 is 0 Å². The zero-order valence-electron chi connectivity index (χ0n) is 18.4. The molecule has 29 heavy (non-hydrogen) atoms. The van der Waals surface area contributed by atoms with E-state index in [1.807, 2.05) is 18.5 Å². The van der Waals surface area contributed by atoms with E-state index >= 15 is 0 Å². The number of nitrogens with one attached hydrogen (secondary N) is 2. The van der Waals surface area contributed by atoms with Crippen LogP contribution in [0.3, 0.4) is 0 Å².